The summed E-state index contributed by atoms with van der Waals surface area (Å²) < 4.78 is 5.76. The molecule has 3 heteroatoms. The lowest BCUT2D eigenvalue weighted by molar-refractivity contribution is 0.215. The highest BCUT2D eigenvalue weighted by Crippen LogP contribution is 2.32. The van der Waals surface area contributed by atoms with Gasteiger partial charge in [-0.1, -0.05) is 95.0 Å². The standard InChI is InChI=1S/C25H36O3/c1-2-3-4-5-6-7-8-9-10-14-19-28-22-17-18-23(24(26)20-22)25(27)21-15-12-11-13-16-21/h11-13,15-18,20,25-27H,2-10,14,19H2,1H3. The Bertz CT molecular complexity index is 654. The maximum Gasteiger partial charge on any atom is 0.125 e. The second-order valence-corrected chi connectivity index (χ2v) is 7.56. The molecule has 0 aliphatic rings. The molecule has 1 unspecified atom stereocenters. The first-order valence-electron chi connectivity index (χ1n) is 10.9. The van der Waals surface area contributed by atoms with Crippen LogP contribution < -0.4 is 4.74 Å². The average Bonchev–Trinajstić information content (AvgIpc) is 2.72. The summed E-state index contributed by atoms with van der Waals surface area (Å²) in [7, 11) is 0. The molecular formula is C25H36O3. The summed E-state index contributed by atoms with van der Waals surface area (Å²) in [5.74, 6) is 0.717. The molecule has 0 saturated heterocycles. The number of phenolic OH excluding ortho intramolecular Hbond substituents is 1. The Kier molecular flexibility index (Phi) is 10.5. The summed E-state index contributed by atoms with van der Waals surface area (Å²) in [5.41, 5.74) is 1.26. The smallest absolute Gasteiger partial charge is 0.125 e. The Labute approximate surface area is 170 Å². The molecule has 0 aliphatic carbocycles. The van der Waals surface area contributed by atoms with Gasteiger partial charge in [0.1, 0.15) is 17.6 Å². The lowest BCUT2D eigenvalue weighted by Crippen LogP contribution is -2.01. The first-order chi connectivity index (χ1) is 13.7. The Morgan fingerprint density at radius 2 is 1.39 bits per heavy atom. The number of hydrogen-bond donors (Lipinski definition) is 2. The van der Waals surface area contributed by atoms with Crippen LogP contribution in [0.15, 0.2) is 48.5 Å². The predicted octanol–water partition coefficient (Wildman–Crippen LogP) is 6.77. The Morgan fingerprint density at radius 1 is 0.786 bits per heavy atom. The van der Waals surface area contributed by atoms with E-state index in [9.17, 15) is 10.2 Å². The van der Waals surface area contributed by atoms with Gasteiger partial charge in [-0.25, -0.2) is 0 Å². The van der Waals surface area contributed by atoms with Crippen LogP contribution in [0.25, 0.3) is 0 Å². The third-order valence-electron chi connectivity index (χ3n) is 5.18. The van der Waals surface area contributed by atoms with Crippen LogP contribution in [-0.2, 0) is 0 Å². The normalized spacial score (nSPS) is 12.1. The molecule has 0 bridgehead atoms. The van der Waals surface area contributed by atoms with Crippen LogP contribution >= 0.6 is 0 Å². The number of aromatic hydroxyl groups is 1. The van der Waals surface area contributed by atoms with E-state index in [1.165, 1.54) is 57.8 Å². The van der Waals surface area contributed by atoms with E-state index in [4.69, 9.17) is 4.74 Å². The monoisotopic (exact) mass is 384 g/mol. The first kappa shape index (κ1) is 22.3. The van der Waals surface area contributed by atoms with E-state index in [1.54, 1.807) is 12.1 Å². The second kappa shape index (κ2) is 13.2. The van der Waals surface area contributed by atoms with Gasteiger partial charge >= 0.3 is 0 Å². The molecule has 0 spiro atoms. The van der Waals surface area contributed by atoms with Crippen LogP contribution in [0.5, 0.6) is 11.5 Å². The highest BCUT2D eigenvalue weighted by molar-refractivity contribution is 5.44. The van der Waals surface area contributed by atoms with Gasteiger partial charge in [-0.3, -0.25) is 0 Å². The van der Waals surface area contributed by atoms with Crippen molar-refractivity contribution in [2.75, 3.05) is 6.61 Å². The van der Waals surface area contributed by atoms with E-state index >= 15 is 0 Å². The minimum atomic E-state index is -0.836. The summed E-state index contributed by atoms with van der Waals surface area (Å²) in [5, 5.41) is 20.7. The van der Waals surface area contributed by atoms with Gasteiger partial charge in [0.2, 0.25) is 0 Å². The molecule has 3 nitrogen and oxygen atoms in total. The van der Waals surface area contributed by atoms with Crippen LogP contribution in [0.1, 0.15) is 88.4 Å². The second-order valence-electron chi connectivity index (χ2n) is 7.56. The largest absolute Gasteiger partial charge is 0.507 e. The highest BCUT2D eigenvalue weighted by Gasteiger charge is 2.14. The highest BCUT2D eigenvalue weighted by atomic mass is 16.5. The minimum absolute atomic E-state index is 0.0666. The topological polar surface area (TPSA) is 49.7 Å². The zero-order valence-corrected chi connectivity index (χ0v) is 17.3. The van der Waals surface area contributed by atoms with Gasteiger partial charge in [-0.2, -0.15) is 0 Å². The summed E-state index contributed by atoms with van der Waals surface area (Å²) in [6, 6.07) is 14.5. The molecular weight excluding hydrogens is 348 g/mol. The number of ether oxygens (including phenoxy) is 1. The van der Waals surface area contributed by atoms with Crippen molar-refractivity contribution in [1.82, 2.24) is 0 Å². The minimum Gasteiger partial charge on any atom is -0.507 e. The average molecular weight is 385 g/mol. The molecule has 0 fully saturated rings. The van der Waals surface area contributed by atoms with Gasteiger partial charge in [0.25, 0.3) is 0 Å². The van der Waals surface area contributed by atoms with Crippen LogP contribution in [0.4, 0.5) is 0 Å². The van der Waals surface area contributed by atoms with Crippen molar-refractivity contribution in [2.24, 2.45) is 0 Å². The maximum atomic E-state index is 10.4. The van der Waals surface area contributed by atoms with Crippen molar-refractivity contribution in [2.45, 2.75) is 77.2 Å². The summed E-state index contributed by atoms with van der Waals surface area (Å²) in [6.45, 7) is 2.92. The van der Waals surface area contributed by atoms with Crippen molar-refractivity contribution in [3.05, 3.63) is 59.7 Å². The Morgan fingerprint density at radius 3 is 2.00 bits per heavy atom. The molecule has 0 radical (unpaired) electrons. The zero-order valence-electron chi connectivity index (χ0n) is 17.3. The van der Waals surface area contributed by atoms with E-state index in [0.717, 1.165) is 12.0 Å². The molecule has 0 amide bonds. The van der Waals surface area contributed by atoms with Gasteiger partial charge < -0.3 is 14.9 Å². The van der Waals surface area contributed by atoms with Crippen LogP contribution in [0, 0.1) is 0 Å². The van der Waals surface area contributed by atoms with Gasteiger partial charge in [0.15, 0.2) is 0 Å². The Balaban J connectivity index is 1.63. The van der Waals surface area contributed by atoms with Gasteiger partial charge in [-0.05, 0) is 24.1 Å². The molecule has 0 aromatic heterocycles. The van der Waals surface area contributed by atoms with Crippen LogP contribution in [-0.4, -0.2) is 16.8 Å². The van der Waals surface area contributed by atoms with Gasteiger partial charge in [-0.15, -0.1) is 0 Å². The third kappa shape index (κ3) is 7.93. The number of rotatable bonds is 14. The molecule has 2 aromatic carbocycles. The summed E-state index contributed by atoms with van der Waals surface area (Å²) in [6.07, 6.45) is 12.2. The van der Waals surface area contributed by atoms with E-state index in [0.29, 0.717) is 17.9 Å². The molecule has 1 atom stereocenters. The number of aliphatic hydroxyl groups excluding tert-OH is 1. The SMILES string of the molecule is CCCCCCCCCCCCOc1ccc(C(O)c2ccccc2)c(O)c1. The fraction of sp³-hybridized carbons (Fsp3) is 0.520. The number of phenols is 1. The maximum absolute atomic E-state index is 10.4. The van der Waals surface area contributed by atoms with E-state index in [2.05, 4.69) is 6.92 Å². The first-order valence-corrected chi connectivity index (χ1v) is 10.9. The van der Waals surface area contributed by atoms with Crippen molar-refractivity contribution >= 4 is 0 Å². The van der Waals surface area contributed by atoms with Crippen LogP contribution in [0.2, 0.25) is 0 Å². The van der Waals surface area contributed by atoms with Crippen LogP contribution in [0.3, 0.4) is 0 Å². The molecule has 0 heterocycles. The van der Waals surface area contributed by atoms with Crippen molar-refractivity contribution in [3.63, 3.8) is 0 Å². The Hall–Kier alpha value is -2.00. The van der Waals surface area contributed by atoms with E-state index in [-0.39, 0.29) is 5.75 Å². The van der Waals surface area contributed by atoms with Crippen molar-refractivity contribution in [1.29, 1.82) is 0 Å². The number of hydrogen-bond acceptors (Lipinski definition) is 3. The molecule has 0 aliphatic heterocycles. The van der Waals surface area contributed by atoms with Gasteiger partial charge in [0.05, 0.1) is 6.61 Å². The lowest BCUT2D eigenvalue weighted by atomic mass is 10.0. The van der Waals surface area contributed by atoms with Crippen molar-refractivity contribution in [3.8, 4) is 11.5 Å². The summed E-state index contributed by atoms with van der Waals surface area (Å²) >= 11 is 0. The number of benzene rings is 2. The molecule has 154 valence electrons. The number of aliphatic hydroxyl groups is 1. The van der Waals surface area contributed by atoms with Gasteiger partial charge in [0, 0.05) is 11.6 Å². The molecule has 0 saturated carbocycles. The number of unbranched alkanes of at least 4 members (excludes halogenated alkanes) is 9. The quantitative estimate of drug-likeness (QED) is 0.353. The fourth-order valence-corrected chi connectivity index (χ4v) is 3.44. The van der Waals surface area contributed by atoms with Crippen molar-refractivity contribution < 1.29 is 14.9 Å². The lowest BCUT2D eigenvalue weighted by Gasteiger charge is -2.14. The van der Waals surface area contributed by atoms with E-state index in [1.807, 2.05) is 36.4 Å². The molecule has 28 heavy (non-hydrogen) atoms. The predicted molar refractivity (Wildman–Crippen MR) is 116 cm³/mol. The van der Waals surface area contributed by atoms with E-state index < -0.39 is 6.10 Å². The molecule has 2 rings (SSSR count). The molecule has 2 N–H and O–H groups in total. The fourth-order valence-electron chi connectivity index (χ4n) is 3.44. The summed E-state index contributed by atoms with van der Waals surface area (Å²) in [4.78, 5) is 0. The molecule has 2 aromatic rings. The third-order valence-corrected chi connectivity index (χ3v) is 5.18. The zero-order chi connectivity index (χ0) is 20.0.